The van der Waals surface area contributed by atoms with Gasteiger partial charge in [-0.25, -0.2) is 0 Å². The van der Waals surface area contributed by atoms with Gasteiger partial charge in [0.15, 0.2) is 0 Å². The molecule has 0 fully saturated rings. The standard InChI is InChI=1S/C11H14N4/c1-12-6-9-5-10(8-13-7-9)11-3-4-15(2)14-11/h3-5,7-8,12H,6H2,1-2H3. The molecule has 0 saturated heterocycles. The number of hydrogen-bond acceptors (Lipinski definition) is 3. The van der Waals surface area contributed by atoms with Gasteiger partial charge in [0.25, 0.3) is 0 Å². The van der Waals surface area contributed by atoms with Crippen molar-refractivity contribution >= 4 is 0 Å². The Morgan fingerprint density at radius 1 is 1.40 bits per heavy atom. The highest BCUT2D eigenvalue weighted by atomic mass is 15.2. The average molecular weight is 202 g/mol. The monoisotopic (exact) mass is 202 g/mol. The first-order valence-electron chi connectivity index (χ1n) is 4.88. The predicted octanol–water partition coefficient (Wildman–Crippen LogP) is 1.20. The lowest BCUT2D eigenvalue weighted by molar-refractivity contribution is 0.770. The van der Waals surface area contributed by atoms with Crippen LogP contribution in [0.5, 0.6) is 0 Å². The van der Waals surface area contributed by atoms with E-state index in [1.807, 2.05) is 38.8 Å². The minimum Gasteiger partial charge on any atom is -0.316 e. The zero-order valence-corrected chi connectivity index (χ0v) is 8.94. The van der Waals surface area contributed by atoms with Gasteiger partial charge in [-0.15, -0.1) is 0 Å². The van der Waals surface area contributed by atoms with Crippen molar-refractivity contribution in [1.29, 1.82) is 0 Å². The summed E-state index contributed by atoms with van der Waals surface area (Å²) < 4.78 is 1.79. The van der Waals surface area contributed by atoms with Crippen molar-refractivity contribution in [2.45, 2.75) is 6.54 Å². The molecule has 0 saturated carbocycles. The number of nitrogens with zero attached hydrogens (tertiary/aromatic N) is 3. The lowest BCUT2D eigenvalue weighted by atomic mass is 10.1. The zero-order valence-electron chi connectivity index (χ0n) is 8.94. The van der Waals surface area contributed by atoms with Crippen LogP contribution in [0, 0.1) is 0 Å². The van der Waals surface area contributed by atoms with Gasteiger partial charge in [0.2, 0.25) is 0 Å². The molecule has 0 aromatic carbocycles. The van der Waals surface area contributed by atoms with Gasteiger partial charge in [-0.1, -0.05) is 0 Å². The Labute approximate surface area is 89.0 Å². The molecule has 78 valence electrons. The van der Waals surface area contributed by atoms with Gasteiger partial charge in [0.1, 0.15) is 0 Å². The van der Waals surface area contributed by atoms with Crippen LogP contribution in [0.2, 0.25) is 0 Å². The van der Waals surface area contributed by atoms with Gasteiger partial charge in [-0.2, -0.15) is 5.10 Å². The molecular weight excluding hydrogens is 188 g/mol. The maximum Gasteiger partial charge on any atom is 0.0938 e. The molecule has 2 rings (SSSR count). The lowest BCUT2D eigenvalue weighted by Crippen LogP contribution is -2.05. The summed E-state index contributed by atoms with van der Waals surface area (Å²) in [5.74, 6) is 0. The van der Waals surface area contributed by atoms with Crippen LogP contribution >= 0.6 is 0 Å². The molecule has 4 heteroatoms. The maximum absolute atomic E-state index is 4.34. The fourth-order valence-corrected chi connectivity index (χ4v) is 1.50. The van der Waals surface area contributed by atoms with Gasteiger partial charge < -0.3 is 5.32 Å². The van der Waals surface area contributed by atoms with E-state index < -0.39 is 0 Å². The van der Waals surface area contributed by atoms with Gasteiger partial charge >= 0.3 is 0 Å². The van der Waals surface area contributed by atoms with Gasteiger partial charge in [-0.3, -0.25) is 9.67 Å². The SMILES string of the molecule is CNCc1cncc(-c2ccn(C)n2)c1. The molecule has 0 aliphatic carbocycles. The van der Waals surface area contributed by atoms with Crippen molar-refractivity contribution in [1.82, 2.24) is 20.1 Å². The zero-order chi connectivity index (χ0) is 10.7. The third-order valence-corrected chi connectivity index (χ3v) is 2.19. The average Bonchev–Trinajstić information content (AvgIpc) is 2.66. The largest absolute Gasteiger partial charge is 0.316 e. The molecule has 2 heterocycles. The lowest BCUT2D eigenvalue weighted by Gasteiger charge is -2.01. The maximum atomic E-state index is 4.34. The van der Waals surface area contributed by atoms with E-state index in [2.05, 4.69) is 21.5 Å². The highest BCUT2D eigenvalue weighted by molar-refractivity contribution is 5.57. The van der Waals surface area contributed by atoms with E-state index in [0.29, 0.717) is 0 Å². The summed E-state index contributed by atoms with van der Waals surface area (Å²) in [6, 6.07) is 4.09. The molecule has 0 atom stereocenters. The summed E-state index contributed by atoms with van der Waals surface area (Å²) in [6.45, 7) is 0.827. The Balaban J connectivity index is 2.32. The Morgan fingerprint density at radius 3 is 2.93 bits per heavy atom. The summed E-state index contributed by atoms with van der Waals surface area (Å²) in [4.78, 5) is 4.20. The van der Waals surface area contributed by atoms with Crippen LogP contribution in [0.25, 0.3) is 11.3 Å². The molecule has 4 nitrogen and oxygen atoms in total. The Kier molecular flexibility index (Phi) is 2.78. The van der Waals surface area contributed by atoms with Crippen LogP contribution in [0.4, 0.5) is 0 Å². The van der Waals surface area contributed by atoms with Crippen LogP contribution in [0.15, 0.2) is 30.7 Å². The smallest absolute Gasteiger partial charge is 0.0938 e. The molecule has 0 spiro atoms. The third-order valence-electron chi connectivity index (χ3n) is 2.19. The molecule has 0 aliphatic rings. The van der Waals surface area contributed by atoms with Crippen molar-refractivity contribution in [3.8, 4) is 11.3 Å². The minimum absolute atomic E-state index is 0.827. The second-order valence-corrected chi connectivity index (χ2v) is 3.49. The summed E-state index contributed by atoms with van der Waals surface area (Å²) in [6.07, 6.45) is 5.63. The van der Waals surface area contributed by atoms with Crippen LogP contribution in [-0.4, -0.2) is 21.8 Å². The topological polar surface area (TPSA) is 42.7 Å². The number of aryl methyl sites for hydroxylation is 1. The predicted molar refractivity (Wildman–Crippen MR) is 59.2 cm³/mol. The molecule has 0 bridgehead atoms. The van der Waals surface area contributed by atoms with E-state index in [0.717, 1.165) is 17.8 Å². The molecule has 1 N–H and O–H groups in total. The van der Waals surface area contributed by atoms with Gasteiger partial charge in [0.05, 0.1) is 5.69 Å². The van der Waals surface area contributed by atoms with Crippen molar-refractivity contribution < 1.29 is 0 Å². The van der Waals surface area contributed by atoms with Crippen molar-refractivity contribution in [3.05, 3.63) is 36.3 Å². The first-order valence-corrected chi connectivity index (χ1v) is 4.88. The van der Waals surface area contributed by atoms with Crippen LogP contribution in [0.1, 0.15) is 5.56 Å². The minimum atomic E-state index is 0.827. The number of aromatic nitrogens is 3. The molecule has 0 aliphatic heterocycles. The second-order valence-electron chi connectivity index (χ2n) is 3.49. The first-order chi connectivity index (χ1) is 7.29. The fraction of sp³-hybridized carbons (Fsp3) is 0.273. The number of nitrogens with one attached hydrogen (secondary N) is 1. The molecular formula is C11H14N4. The molecule has 2 aromatic rings. The van der Waals surface area contributed by atoms with Crippen LogP contribution in [0.3, 0.4) is 0 Å². The van der Waals surface area contributed by atoms with E-state index in [1.54, 1.807) is 4.68 Å². The van der Waals surface area contributed by atoms with Crippen molar-refractivity contribution in [2.75, 3.05) is 7.05 Å². The molecule has 0 radical (unpaired) electrons. The Hall–Kier alpha value is -1.68. The molecule has 15 heavy (non-hydrogen) atoms. The van der Waals surface area contributed by atoms with E-state index in [9.17, 15) is 0 Å². The summed E-state index contributed by atoms with van der Waals surface area (Å²) in [5, 5.41) is 7.44. The fourth-order valence-electron chi connectivity index (χ4n) is 1.50. The van der Waals surface area contributed by atoms with Crippen LogP contribution in [-0.2, 0) is 13.6 Å². The number of rotatable bonds is 3. The second kappa shape index (κ2) is 4.23. The van der Waals surface area contributed by atoms with E-state index >= 15 is 0 Å². The van der Waals surface area contributed by atoms with E-state index in [4.69, 9.17) is 0 Å². The number of hydrogen-bond donors (Lipinski definition) is 1. The first kappa shape index (κ1) is 9.86. The van der Waals surface area contributed by atoms with E-state index in [-0.39, 0.29) is 0 Å². The third kappa shape index (κ3) is 2.22. The summed E-state index contributed by atoms with van der Waals surface area (Å²) >= 11 is 0. The summed E-state index contributed by atoms with van der Waals surface area (Å²) in [5.41, 5.74) is 3.19. The Bertz CT molecular complexity index is 447. The Morgan fingerprint density at radius 2 is 2.27 bits per heavy atom. The normalized spacial score (nSPS) is 10.5. The highest BCUT2D eigenvalue weighted by Gasteiger charge is 2.02. The van der Waals surface area contributed by atoms with Crippen molar-refractivity contribution in [3.63, 3.8) is 0 Å². The molecule has 2 aromatic heterocycles. The van der Waals surface area contributed by atoms with Crippen molar-refractivity contribution in [2.24, 2.45) is 7.05 Å². The van der Waals surface area contributed by atoms with Gasteiger partial charge in [-0.05, 0) is 24.7 Å². The highest BCUT2D eigenvalue weighted by Crippen LogP contribution is 2.16. The molecule has 0 unspecified atom stereocenters. The van der Waals surface area contributed by atoms with E-state index in [1.165, 1.54) is 5.56 Å². The summed E-state index contributed by atoms with van der Waals surface area (Å²) in [7, 11) is 3.84. The van der Waals surface area contributed by atoms with Gasteiger partial charge in [0, 0.05) is 37.7 Å². The van der Waals surface area contributed by atoms with Crippen LogP contribution < -0.4 is 5.32 Å². The quantitative estimate of drug-likeness (QED) is 0.813. The number of pyridine rings is 1. The molecule has 0 amide bonds.